The third-order valence-electron chi connectivity index (χ3n) is 4.43. The molecule has 0 aromatic heterocycles. The number of halogens is 2. The molecule has 0 saturated carbocycles. The number of hydrogen-bond donors (Lipinski definition) is 1. The van der Waals surface area contributed by atoms with Gasteiger partial charge in [-0.15, -0.1) is 0 Å². The van der Waals surface area contributed by atoms with E-state index in [1.54, 1.807) is 13.2 Å². The van der Waals surface area contributed by atoms with E-state index in [2.05, 4.69) is 11.4 Å². The van der Waals surface area contributed by atoms with Crippen LogP contribution in [0.25, 0.3) is 0 Å². The summed E-state index contributed by atoms with van der Waals surface area (Å²) in [5.41, 5.74) is 3.12. The van der Waals surface area contributed by atoms with Crippen LogP contribution < -0.4 is 14.8 Å². The summed E-state index contributed by atoms with van der Waals surface area (Å²) in [7, 11) is 1.69. The number of benzene rings is 3. The number of rotatable bonds is 9. The van der Waals surface area contributed by atoms with Gasteiger partial charge in [0, 0.05) is 12.1 Å². The van der Waals surface area contributed by atoms with E-state index in [1.807, 2.05) is 42.5 Å². The Morgan fingerprint density at radius 3 is 2.50 bits per heavy atom. The second kappa shape index (κ2) is 10.1. The Labute approximate surface area is 170 Å². The third kappa shape index (κ3) is 5.72. The van der Waals surface area contributed by atoms with Gasteiger partial charge in [0.1, 0.15) is 23.9 Å². The van der Waals surface area contributed by atoms with Gasteiger partial charge >= 0.3 is 0 Å². The maximum absolute atomic E-state index is 13.1. The first-order chi connectivity index (χ1) is 13.7. The molecule has 1 N–H and O–H groups in total. The molecular weight excluding hydrogens is 377 g/mol. The normalized spacial score (nSPS) is 10.7. The van der Waals surface area contributed by atoms with E-state index in [0.717, 1.165) is 36.6 Å². The average molecular weight is 400 g/mol. The highest BCUT2D eigenvalue weighted by Gasteiger charge is 2.04. The minimum atomic E-state index is -0.351. The van der Waals surface area contributed by atoms with Gasteiger partial charge in [0.2, 0.25) is 0 Å². The minimum absolute atomic E-state index is 0.301. The minimum Gasteiger partial charge on any atom is -0.496 e. The monoisotopic (exact) mass is 399 g/mol. The first-order valence-electron chi connectivity index (χ1n) is 9.14. The Morgan fingerprint density at radius 1 is 0.964 bits per heavy atom. The topological polar surface area (TPSA) is 30.5 Å². The fourth-order valence-corrected chi connectivity index (χ4v) is 3.09. The lowest BCUT2D eigenvalue weighted by molar-refractivity contribution is 0.306. The van der Waals surface area contributed by atoms with Gasteiger partial charge in [-0.2, -0.15) is 0 Å². The van der Waals surface area contributed by atoms with Gasteiger partial charge in [0.15, 0.2) is 0 Å². The van der Waals surface area contributed by atoms with Gasteiger partial charge in [-0.05, 0) is 54.4 Å². The SMILES string of the molecule is COc1ccccc1CCNCc1ccc(OCc2ccc(F)cc2Cl)cc1. The predicted octanol–water partition coefficient (Wildman–Crippen LogP) is 5.40. The van der Waals surface area contributed by atoms with Crippen LogP contribution in [0.15, 0.2) is 66.7 Å². The molecule has 146 valence electrons. The molecule has 5 heteroatoms. The third-order valence-corrected chi connectivity index (χ3v) is 4.78. The summed E-state index contributed by atoms with van der Waals surface area (Å²) in [6.07, 6.45) is 0.906. The summed E-state index contributed by atoms with van der Waals surface area (Å²) in [5, 5.41) is 3.81. The zero-order chi connectivity index (χ0) is 19.8. The molecule has 0 radical (unpaired) electrons. The van der Waals surface area contributed by atoms with Crippen molar-refractivity contribution in [3.05, 3.63) is 94.3 Å². The molecule has 3 aromatic carbocycles. The second-order valence-electron chi connectivity index (χ2n) is 6.41. The van der Waals surface area contributed by atoms with E-state index < -0.39 is 0 Å². The van der Waals surface area contributed by atoms with Crippen molar-refractivity contribution in [3.8, 4) is 11.5 Å². The molecule has 28 heavy (non-hydrogen) atoms. The Morgan fingerprint density at radius 2 is 1.75 bits per heavy atom. The van der Waals surface area contributed by atoms with E-state index in [1.165, 1.54) is 23.3 Å². The molecule has 0 atom stereocenters. The molecule has 0 aliphatic carbocycles. The van der Waals surface area contributed by atoms with Crippen LogP contribution in [-0.4, -0.2) is 13.7 Å². The zero-order valence-corrected chi connectivity index (χ0v) is 16.5. The summed E-state index contributed by atoms with van der Waals surface area (Å²) < 4.78 is 24.2. The highest BCUT2D eigenvalue weighted by Crippen LogP contribution is 2.20. The van der Waals surface area contributed by atoms with Gasteiger partial charge in [-0.3, -0.25) is 0 Å². The number of nitrogens with one attached hydrogen (secondary N) is 1. The molecular formula is C23H23ClFNO2. The Bertz CT molecular complexity index is 899. The smallest absolute Gasteiger partial charge is 0.124 e. The Balaban J connectivity index is 1.44. The number of methoxy groups -OCH3 is 1. The van der Waals surface area contributed by atoms with Crippen molar-refractivity contribution in [1.82, 2.24) is 5.32 Å². The van der Waals surface area contributed by atoms with E-state index >= 15 is 0 Å². The number of para-hydroxylation sites is 1. The lowest BCUT2D eigenvalue weighted by Crippen LogP contribution is -2.16. The Kier molecular flexibility index (Phi) is 7.29. The standard InChI is InChI=1S/C23H23ClFNO2/c1-27-23-5-3-2-4-18(23)12-13-26-15-17-6-10-21(11-7-17)28-16-19-8-9-20(25)14-22(19)24/h2-11,14,26H,12-13,15-16H2,1H3. The van der Waals surface area contributed by atoms with Crippen molar-refractivity contribution >= 4 is 11.6 Å². The van der Waals surface area contributed by atoms with Crippen LogP contribution in [0.3, 0.4) is 0 Å². The maximum Gasteiger partial charge on any atom is 0.124 e. The van der Waals surface area contributed by atoms with Gasteiger partial charge in [-0.25, -0.2) is 4.39 Å². The molecule has 0 heterocycles. The van der Waals surface area contributed by atoms with Crippen molar-refractivity contribution in [3.63, 3.8) is 0 Å². The largest absolute Gasteiger partial charge is 0.496 e. The second-order valence-corrected chi connectivity index (χ2v) is 6.81. The van der Waals surface area contributed by atoms with Crippen LogP contribution in [0.2, 0.25) is 5.02 Å². The Hall–Kier alpha value is -2.56. The summed E-state index contributed by atoms with van der Waals surface area (Å²) in [4.78, 5) is 0. The van der Waals surface area contributed by atoms with Crippen LogP contribution in [-0.2, 0) is 19.6 Å². The van der Waals surface area contributed by atoms with Crippen molar-refractivity contribution < 1.29 is 13.9 Å². The molecule has 0 aliphatic rings. The van der Waals surface area contributed by atoms with Crippen LogP contribution in [0.1, 0.15) is 16.7 Å². The van der Waals surface area contributed by atoms with Crippen LogP contribution in [0, 0.1) is 5.82 Å². The maximum atomic E-state index is 13.1. The highest BCUT2D eigenvalue weighted by atomic mass is 35.5. The fourth-order valence-electron chi connectivity index (χ4n) is 2.87. The molecule has 3 aromatic rings. The van der Waals surface area contributed by atoms with Gasteiger partial charge in [0.05, 0.1) is 12.1 Å². The lowest BCUT2D eigenvalue weighted by Gasteiger charge is -2.10. The van der Waals surface area contributed by atoms with Crippen molar-refractivity contribution in [1.29, 1.82) is 0 Å². The van der Waals surface area contributed by atoms with Crippen LogP contribution >= 0.6 is 11.6 Å². The summed E-state index contributed by atoms with van der Waals surface area (Å²) >= 11 is 6.02. The molecule has 0 unspecified atom stereocenters. The average Bonchev–Trinajstić information content (AvgIpc) is 2.72. The summed E-state index contributed by atoms with van der Waals surface area (Å²) in [6.45, 7) is 1.94. The number of ether oxygens (including phenoxy) is 2. The molecule has 0 bridgehead atoms. The van der Waals surface area contributed by atoms with E-state index in [0.29, 0.717) is 11.6 Å². The van der Waals surface area contributed by atoms with Crippen molar-refractivity contribution in [2.45, 2.75) is 19.6 Å². The van der Waals surface area contributed by atoms with Crippen LogP contribution in [0.4, 0.5) is 4.39 Å². The molecule has 0 aliphatic heterocycles. The van der Waals surface area contributed by atoms with E-state index in [9.17, 15) is 4.39 Å². The predicted molar refractivity (Wildman–Crippen MR) is 111 cm³/mol. The molecule has 3 rings (SSSR count). The van der Waals surface area contributed by atoms with Crippen molar-refractivity contribution in [2.75, 3.05) is 13.7 Å². The quantitative estimate of drug-likeness (QED) is 0.489. The summed E-state index contributed by atoms with van der Waals surface area (Å²) in [6, 6.07) is 20.3. The summed E-state index contributed by atoms with van der Waals surface area (Å²) in [5.74, 6) is 1.32. The first kappa shape index (κ1) is 20.2. The van der Waals surface area contributed by atoms with Gasteiger partial charge in [0.25, 0.3) is 0 Å². The molecule has 0 saturated heterocycles. The zero-order valence-electron chi connectivity index (χ0n) is 15.8. The molecule has 0 fully saturated rings. The van der Waals surface area contributed by atoms with Crippen molar-refractivity contribution in [2.24, 2.45) is 0 Å². The van der Waals surface area contributed by atoms with E-state index in [-0.39, 0.29) is 5.82 Å². The molecule has 0 spiro atoms. The van der Waals surface area contributed by atoms with Gasteiger partial charge in [-0.1, -0.05) is 48.0 Å². The van der Waals surface area contributed by atoms with E-state index in [4.69, 9.17) is 21.1 Å². The molecule has 3 nitrogen and oxygen atoms in total. The molecule has 0 amide bonds. The fraction of sp³-hybridized carbons (Fsp3) is 0.217. The van der Waals surface area contributed by atoms with Crippen LogP contribution in [0.5, 0.6) is 11.5 Å². The first-order valence-corrected chi connectivity index (χ1v) is 9.52. The highest BCUT2D eigenvalue weighted by molar-refractivity contribution is 6.31. The number of hydrogen-bond acceptors (Lipinski definition) is 3. The lowest BCUT2D eigenvalue weighted by atomic mass is 10.1. The van der Waals surface area contributed by atoms with Gasteiger partial charge < -0.3 is 14.8 Å².